The van der Waals surface area contributed by atoms with Crippen LogP contribution >= 0.6 is 11.8 Å². The van der Waals surface area contributed by atoms with Crippen LogP contribution < -0.4 is 20.5 Å². The molecular formula is C18H20N4O7S. The molecule has 1 aromatic carbocycles. The van der Waals surface area contributed by atoms with Crippen LogP contribution in [-0.2, 0) is 9.53 Å². The molecule has 11 nitrogen and oxygen atoms in total. The van der Waals surface area contributed by atoms with Gasteiger partial charge in [0.25, 0.3) is 0 Å². The van der Waals surface area contributed by atoms with Crippen molar-refractivity contribution in [2.75, 3.05) is 37.6 Å². The number of hydrogen-bond donors (Lipinski definition) is 3. The second-order valence-corrected chi connectivity index (χ2v) is 6.51. The highest BCUT2D eigenvalue weighted by atomic mass is 32.2. The lowest BCUT2D eigenvalue weighted by molar-refractivity contribution is -0.113. The Kier molecular flexibility index (Phi) is 7.81. The Hall–Kier alpha value is -3.54. The lowest BCUT2D eigenvalue weighted by Crippen LogP contribution is -2.17. The zero-order valence-electron chi connectivity index (χ0n) is 16.4. The summed E-state index contributed by atoms with van der Waals surface area (Å²) in [5, 5.41) is 12.1. The minimum atomic E-state index is -1.25. The highest BCUT2D eigenvalue weighted by Crippen LogP contribution is 2.33. The molecule has 0 fully saturated rings. The third kappa shape index (κ3) is 5.50. The number of nitrogens with two attached hydrogens (primary N) is 1. The molecule has 0 unspecified atom stereocenters. The number of benzene rings is 1. The van der Waals surface area contributed by atoms with Gasteiger partial charge in [-0.15, -0.1) is 0 Å². The summed E-state index contributed by atoms with van der Waals surface area (Å²) in [5.41, 5.74) is 5.65. The molecule has 0 saturated heterocycles. The number of esters is 1. The quantitative estimate of drug-likeness (QED) is 0.298. The van der Waals surface area contributed by atoms with Crippen molar-refractivity contribution in [3.63, 3.8) is 0 Å². The van der Waals surface area contributed by atoms with E-state index < -0.39 is 17.8 Å². The van der Waals surface area contributed by atoms with Crippen molar-refractivity contribution in [3.8, 4) is 11.5 Å². The first-order valence-corrected chi connectivity index (χ1v) is 9.50. The van der Waals surface area contributed by atoms with E-state index in [0.717, 1.165) is 11.8 Å². The highest BCUT2D eigenvalue weighted by Gasteiger charge is 2.19. The van der Waals surface area contributed by atoms with Crippen LogP contribution in [0.15, 0.2) is 23.5 Å². The molecule has 2 rings (SSSR count). The maximum Gasteiger partial charge on any atom is 0.343 e. The largest absolute Gasteiger partial charge is 0.493 e. The third-order valence-corrected chi connectivity index (χ3v) is 4.51. The molecule has 0 aliphatic heterocycles. The Labute approximate surface area is 175 Å². The van der Waals surface area contributed by atoms with Crippen molar-refractivity contribution >= 4 is 41.1 Å². The van der Waals surface area contributed by atoms with Crippen molar-refractivity contribution in [1.29, 1.82) is 0 Å². The molecule has 4 N–H and O–H groups in total. The number of carboxylic acids is 1. The molecule has 0 bridgehead atoms. The number of carbonyl (C=O) groups is 3. The normalized spacial score (nSPS) is 10.2. The molecule has 2 aromatic rings. The van der Waals surface area contributed by atoms with E-state index in [4.69, 9.17) is 19.9 Å². The van der Waals surface area contributed by atoms with Gasteiger partial charge in [0.1, 0.15) is 11.4 Å². The zero-order valence-corrected chi connectivity index (χ0v) is 17.2. The van der Waals surface area contributed by atoms with Gasteiger partial charge >= 0.3 is 11.9 Å². The smallest absolute Gasteiger partial charge is 0.343 e. The molecule has 30 heavy (non-hydrogen) atoms. The van der Waals surface area contributed by atoms with Crippen molar-refractivity contribution < 1.29 is 33.7 Å². The molecule has 0 aliphatic carbocycles. The van der Waals surface area contributed by atoms with Gasteiger partial charge in [-0.05, 0) is 6.92 Å². The molecule has 1 aromatic heterocycles. The Morgan fingerprint density at radius 1 is 1.17 bits per heavy atom. The maximum atomic E-state index is 12.3. The van der Waals surface area contributed by atoms with Crippen molar-refractivity contribution in [1.82, 2.24) is 9.97 Å². The summed E-state index contributed by atoms with van der Waals surface area (Å²) in [4.78, 5) is 43.5. The van der Waals surface area contributed by atoms with Crippen LogP contribution in [0.1, 0.15) is 27.6 Å². The predicted octanol–water partition coefficient (Wildman–Crippen LogP) is 1.68. The topological polar surface area (TPSA) is 163 Å². The minimum Gasteiger partial charge on any atom is -0.493 e. The number of carbonyl (C=O) groups excluding carboxylic acids is 2. The van der Waals surface area contributed by atoms with E-state index >= 15 is 0 Å². The fraction of sp³-hybridized carbons (Fsp3) is 0.278. The first-order chi connectivity index (χ1) is 14.3. The zero-order chi connectivity index (χ0) is 22.3. The summed E-state index contributed by atoms with van der Waals surface area (Å²) in [6.45, 7) is 1.84. The number of amides is 1. The van der Waals surface area contributed by atoms with Crippen molar-refractivity contribution in [2.24, 2.45) is 0 Å². The molecule has 1 amide bonds. The van der Waals surface area contributed by atoms with E-state index in [-0.39, 0.29) is 51.6 Å². The van der Waals surface area contributed by atoms with E-state index in [9.17, 15) is 19.5 Å². The summed E-state index contributed by atoms with van der Waals surface area (Å²) in [6.07, 6.45) is 1.22. The van der Waals surface area contributed by atoms with Gasteiger partial charge in [-0.2, -0.15) is 0 Å². The Bertz CT molecular complexity index is 968. The number of anilines is 2. The number of hydrogen-bond acceptors (Lipinski definition) is 10. The average molecular weight is 436 g/mol. The van der Waals surface area contributed by atoms with Gasteiger partial charge in [0, 0.05) is 18.3 Å². The number of ether oxygens (including phenoxy) is 3. The molecule has 0 spiro atoms. The van der Waals surface area contributed by atoms with E-state index in [1.165, 1.54) is 32.5 Å². The number of nitrogens with one attached hydrogen (secondary N) is 1. The molecular weight excluding hydrogens is 416 g/mol. The number of methoxy groups -OCH3 is 2. The molecule has 0 atom stereocenters. The Morgan fingerprint density at radius 2 is 1.83 bits per heavy atom. The van der Waals surface area contributed by atoms with Crippen molar-refractivity contribution in [3.05, 3.63) is 29.5 Å². The van der Waals surface area contributed by atoms with Gasteiger partial charge in [0.05, 0.1) is 37.8 Å². The second-order valence-electron chi connectivity index (χ2n) is 5.57. The van der Waals surface area contributed by atoms with Crippen LogP contribution in [0, 0.1) is 0 Å². The fourth-order valence-corrected chi connectivity index (χ4v) is 2.91. The van der Waals surface area contributed by atoms with E-state index in [0.29, 0.717) is 0 Å². The number of nitrogen functional groups attached to an aromatic ring is 1. The first-order valence-electron chi connectivity index (χ1n) is 8.52. The molecule has 0 saturated carbocycles. The van der Waals surface area contributed by atoms with Gasteiger partial charge in [0.15, 0.2) is 16.7 Å². The Morgan fingerprint density at radius 3 is 2.40 bits per heavy atom. The van der Waals surface area contributed by atoms with Crippen LogP contribution in [0.4, 0.5) is 11.5 Å². The fourth-order valence-electron chi connectivity index (χ4n) is 2.29. The average Bonchev–Trinajstić information content (AvgIpc) is 2.71. The molecule has 0 aliphatic rings. The van der Waals surface area contributed by atoms with Gasteiger partial charge in [-0.1, -0.05) is 11.8 Å². The summed E-state index contributed by atoms with van der Waals surface area (Å²) in [6, 6.07) is 2.61. The van der Waals surface area contributed by atoms with Crippen molar-refractivity contribution in [2.45, 2.75) is 12.1 Å². The van der Waals surface area contributed by atoms with Crippen LogP contribution in [0.5, 0.6) is 11.5 Å². The minimum absolute atomic E-state index is 0.0297. The van der Waals surface area contributed by atoms with Crippen LogP contribution in [-0.4, -0.2) is 59.5 Å². The van der Waals surface area contributed by atoms with Gasteiger partial charge in [-0.3, -0.25) is 4.79 Å². The predicted molar refractivity (Wildman–Crippen MR) is 108 cm³/mol. The number of nitrogens with zero attached hydrogens (tertiary/aromatic N) is 2. The van der Waals surface area contributed by atoms with Crippen LogP contribution in [0.25, 0.3) is 0 Å². The van der Waals surface area contributed by atoms with Gasteiger partial charge in [-0.25, -0.2) is 19.6 Å². The highest BCUT2D eigenvalue weighted by molar-refractivity contribution is 7.99. The SMILES string of the molecule is CCOC(=O)c1cnc(SCC(=O)Nc2cc(OC)c(OC)cc2C(=O)O)nc1N. The monoisotopic (exact) mass is 436 g/mol. The first kappa shape index (κ1) is 22.7. The van der Waals surface area contributed by atoms with Gasteiger partial charge < -0.3 is 30.4 Å². The number of aromatic carboxylic acids is 1. The third-order valence-electron chi connectivity index (χ3n) is 3.65. The van der Waals surface area contributed by atoms with Gasteiger partial charge in [0.2, 0.25) is 5.91 Å². The molecule has 1 heterocycles. The summed E-state index contributed by atoms with van der Waals surface area (Å²) in [5.74, 6) is -2.12. The number of aromatic nitrogens is 2. The van der Waals surface area contributed by atoms with Crippen LogP contribution in [0.2, 0.25) is 0 Å². The van der Waals surface area contributed by atoms with E-state index in [2.05, 4.69) is 15.3 Å². The summed E-state index contributed by atoms with van der Waals surface area (Å²) < 4.78 is 15.1. The molecule has 160 valence electrons. The summed E-state index contributed by atoms with van der Waals surface area (Å²) >= 11 is 0.958. The lowest BCUT2D eigenvalue weighted by Gasteiger charge is -2.13. The molecule has 0 radical (unpaired) electrons. The summed E-state index contributed by atoms with van der Waals surface area (Å²) in [7, 11) is 2.76. The number of thioether (sulfide) groups is 1. The second kappa shape index (κ2) is 10.3. The van der Waals surface area contributed by atoms with E-state index in [1.54, 1.807) is 6.92 Å². The maximum absolute atomic E-state index is 12.3. The molecule has 12 heteroatoms. The van der Waals surface area contributed by atoms with E-state index in [1.807, 2.05) is 0 Å². The van der Waals surface area contributed by atoms with Crippen LogP contribution in [0.3, 0.4) is 0 Å². The standard InChI is InChI=1S/C18H20N4O7S/c1-4-29-17(26)10-7-20-18(22-15(10)19)30-8-14(23)21-11-6-13(28-3)12(27-2)5-9(11)16(24)25/h5-7H,4,8H2,1-3H3,(H,21,23)(H,24,25)(H2,19,20,22). The lowest BCUT2D eigenvalue weighted by atomic mass is 10.1. The number of rotatable bonds is 9. The Balaban J connectivity index is 2.10. The number of carboxylic acid groups (broad SMARTS) is 1.